The van der Waals surface area contributed by atoms with E-state index in [0.717, 1.165) is 0 Å². The third-order valence-corrected chi connectivity index (χ3v) is 0.332. The van der Waals surface area contributed by atoms with Crippen molar-refractivity contribution in [1.29, 1.82) is 10.8 Å². The molecule has 9 heavy (non-hydrogen) atoms. The van der Waals surface area contributed by atoms with Crippen molar-refractivity contribution in [2.45, 2.75) is 0 Å². The maximum Gasteiger partial charge on any atom is 0.204 e. The Morgan fingerprint density at radius 2 is 1.22 bits per heavy atom. The van der Waals surface area contributed by atoms with Crippen molar-refractivity contribution in [3.05, 3.63) is 0 Å². The summed E-state index contributed by atoms with van der Waals surface area (Å²) in [5, 5.41) is 13.1. The van der Waals surface area contributed by atoms with Gasteiger partial charge in [0.2, 0.25) is 11.9 Å². The van der Waals surface area contributed by atoms with Crippen LogP contribution in [0.2, 0.25) is 0 Å². The Hall–Kier alpha value is -0.980. The smallest absolute Gasteiger partial charge is 0.204 e. The summed E-state index contributed by atoms with van der Waals surface area (Å²) in [6.45, 7) is 0. The molecule has 0 saturated heterocycles. The lowest BCUT2D eigenvalue weighted by Crippen LogP contribution is -2.47. The van der Waals surface area contributed by atoms with Crippen LogP contribution >= 0.6 is 17.0 Å². The molecule has 0 bridgehead atoms. The van der Waals surface area contributed by atoms with E-state index in [4.69, 9.17) is 22.3 Å². The van der Waals surface area contributed by atoms with Gasteiger partial charge >= 0.3 is 0 Å². The Morgan fingerprint density at radius 1 is 1.00 bits per heavy atom. The van der Waals surface area contributed by atoms with Gasteiger partial charge in [0, 0.05) is 0 Å². The van der Waals surface area contributed by atoms with Crippen molar-refractivity contribution in [2.24, 2.45) is 11.5 Å². The highest BCUT2D eigenvalue weighted by Crippen LogP contribution is 1.41. The van der Waals surface area contributed by atoms with Gasteiger partial charge in [-0.05, 0) is 0 Å². The second kappa shape index (κ2) is 5.16. The molecule has 0 aromatic carbocycles. The molecule has 0 radical (unpaired) electrons. The van der Waals surface area contributed by atoms with Crippen LogP contribution in [0.1, 0.15) is 0 Å². The minimum absolute atomic E-state index is 0. The summed E-state index contributed by atoms with van der Waals surface area (Å²) >= 11 is 0. The molecule has 8 N–H and O–H groups in total. The van der Waals surface area contributed by atoms with Crippen LogP contribution in [-0.4, -0.2) is 11.9 Å². The van der Waals surface area contributed by atoms with Crippen LogP contribution in [0.5, 0.6) is 0 Å². The number of nitrogens with two attached hydrogens (primary N) is 2. The van der Waals surface area contributed by atoms with Gasteiger partial charge in [0.15, 0.2) is 0 Å². The second-order valence-corrected chi connectivity index (χ2v) is 1.08. The van der Waals surface area contributed by atoms with Gasteiger partial charge in [-0.25, -0.2) is 0 Å². The molecule has 54 valence electrons. The molecule has 0 atom stereocenters. The molecular formula is C2H9BrN6. The van der Waals surface area contributed by atoms with Gasteiger partial charge in [0.25, 0.3) is 0 Å². The molecule has 6 nitrogen and oxygen atoms in total. The number of rotatable bonds is 0. The normalized spacial score (nSPS) is 6.67. The van der Waals surface area contributed by atoms with Crippen molar-refractivity contribution in [3.63, 3.8) is 0 Å². The Balaban J connectivity index is 0. The van der Waals surface area contributed by atoms with Crippen LogP contribution in [0.25, 0.3) is 0 Å². The lowest BCUT2D eigenvalue weighted by atomic mass is 11.0. The highest BCUT2D eigenvalue weighted by atomic mass is 79.9. The number of hydrogen-bond donors (Lipinski definition) is 6. The zero-order valence-electron chi connectivity index (χ0n) is 4.56. The molecular weight excluding hydrogens is 188 g/mol. The molecule has 0 aromatic heterocycles. The maximum absolute atomic E-state index is 6.54. The SMILES string of the molecule is Br.N=C(N)NNC(=N)N. The number of halogens is 1. The van der Waals surface area contributed by atoms with E-state index in [-0.39, 0.29) is 28.9 Å². The van der Waals surface area contributed by atoms with E-state index in [2.05, 4.69) is 10.9 Å². The first-order valence-corrected chi connectivity index (χ1v) is 1.83. The molecule has 0 aliphatic heterocycles. The summed E-state index contributed by atoms with van der Waals surface area (Å²) in [5.74, 6) is -0.555. The van der Waals surface area contributed by atoms with Crippen LogP contribution in [-0.2, 0) is 0 Å². The Bertz CT molecular complexity index is 95.6. The molecule has 0 aliphatic rings. The molecule has 0 saturated carbocycles. The predicted octanol–water partition coefficient (Wildman–Crippen LogP) is -1.55. The quantitative estimate of drug-likeness (QED) is 0.160. The van der Waals surface area contributed by atoms with Crippen molar-refractivity contribution >= 4 is 28.9 Å². The minimum atomic E-state index is -0.278. The van der Waals surface area contributed by atoms with Gasteiger partial charge in [-0.3, -0.25) is 21.7 Å². The topological polar surface area (TPSA) is 124 Å². The Labute approximate surface area is 62.7 Å². The molecule has 7 heteroatoms. The summed E-state index contributed by atoms with van der Waals surface area (Å²) in [6.07, 6.45) is 0. The zero-order valence-corrected chi connectivity index (χ0v) is 6.28. The van der Waals surface area contributed by atoms with Crippen molar-refractivity contribution in [2.75, 3.05) is 0 Å². The number of guanidine groups is 2. The maximum atomic E-state index is 6.54. The third-order valence-electron chi connectivity index (χ3n) is 0.332. The fourth-order valence-corrected chi connectivity index (χ4v) is 0.135. The van der Waals surface area contributed by atoms with E-state index in [0.29, 0.717) is 0 Å². The number of hydrazine groups is 1. The van der Waals surface area contributed by atoms with Crippen LogP contribution < -0.4 is 22.3 Å². The number of nitrogens with one attached hydrogen (secondary N) is 4. The lowest BCUT2D eigenvalue weighted by molar-refractivity contribution is 0.833. The first-order valence-electron chi connectivity index (χ1n) is 1.83. The molecule has 0 fully saturated rings. The van der Waals surface area contributed by atoms with Crippen LogP contribution in [0.15, 0.2) is 0 Å². The van der Waals surface area contributed by atoms with E-state index in [1.807, 2.05) is 0 Å². The average Bonchev–Trinajstić information content (AvgIpc) is 1.61. The van der Waals surface area contributed by atoms with Crippen LogP contribution in [0, 0.1) is 10.8 Å². The van der Waals surface area contributed by atoms with E-state index in [1.54, 1.807) is 0 Å². The van der Waals surface area contributed by atoms with E-state index in [9.17, 15) is 0 Å². The molecule has 0 heterocycles. The van der Waals surface area contributed by atoms with Crippen molar-refractivity contribution < 1.29 is 0 Å². The zero-order chi connectivity index (χ0) is 6.57. The molecule has 0 unspecified atom stereocenters. The van der Waals surface area contributed by atoms with Gasteiger partial charge in [0.1, 0.15) is 0 Å². The summed E-state index contributed by atoms with van der Waals surface area (Å²) in [6, 6.07) is 0. The highest BCUT2D eigenvalue weighted by molar-refractivity contribution is 8.93. The minimum Gasteiger partial charge on any atom is -0.369 e. The standard InChI is InChI=1S/C2H8N6.BrH/c3-1(4)7-8-2(5)6;/h(H4,3,4,7)(H4,5,6,8);1H. The van der Waals surface area contributed by atoms with Crippen molar-refractivity contribution in [3.8, 4) is 0 Å². The average molecular weight is 197 g/mol. The van der Waals surface area contributed by atoms with Gasteiger partial charge in [-0.1, -0.05) is 0 Å². The van der Waals surface area contributed by atoms with E-state index in [1.165, 1.54) is 0 Å². The summed E-state index contributed by atoms with van der Waals surface area (Å²) in [7, 11) is 0. The highest BCUT2D eigenvalue weighted by Gasteiger charge is 1.82. The molecule has 0 rings (SSSR count). The molecule has 0 aromatic rings. The first kappa shape index (κ1) is 10.9. The second-order valence-electron chi connectivity index (χ2n) is 1.08. The van der Waals surface area contributed by atoms with E-state index >= 15 is 0 Å². The van der Waals surface area contributed by atoms with Gasteiger partial charge in [-0.2, -0.15) is 0 Å². The van der Waals surface area contributed by atoms with Crippen LogP contribution in [0.3, 0.4) is 0 Å². The Kier molecular flexibility index (Phi) is 6.26. The molecule has 0 spiro atoms. The van der Waals surface area contributed by atoms with Crippen molar-refractivity contribution in [1.82, 2.24) is 10.9 Å². The monoisotopic (exact) mass is 196 g/mol. The fourth-order valence-electron chi connectivity index (χ4n) is 0.135. The number of hydrogen-bond acceptors (Lipinski definition) is 2. The van der Waals surface area contributed by atoms with Gasteiger partial charge in [-0.15, -0.1) is 17.0 Å². The summed E-state index contributed by atoms with van der Waals surface area (Å²) in [4.78, 5) is 0. The predicted molar refractivity (Wildman–Crippen MR) is 40.4 cm³/mol. The first-order chi connectivity index (χ1) is 3.63. The van der Waals surface area contributed by atoms with Crippen LogP contribution in [0.4, 0.5) is 0 Å². The van der Waals surface area contributed by atoms with E-state index < -0.39 is 0 Å². The van der Waals surface area contributed by atoms with Gasteiger partial charge < -0.3 is 11.5 Å². The fraction of sp³-hybridized carbons (Fsp3) is 0. The third kappa shape index (κ3) is 10.9. The lowest BCUT2D eigenvalue weighted by Gasteiger charge is -2.02. The summed E-state index contributed by atoms with van der Waals surface area (Å²) < 4.78 is 0. The molecule has 0 amide bonds. The summed E-state index contributed by atoms with van der Waals surface area (Å²) in [5.41, 5.74) is 13.8. The Morgan fingerprint density at radius 3 is 1.33 bits per heavy atom. The van der Waals surface area contributed by atoms with Gasteiger partial charge in [0.05, 0.1) is 0 Å². The largest absolute Gasteiger partial charge is 0.369 e. The molecule has 0 aliphatic carbocycles.